The van der Waals surface area contributed by atoms with Crippen LogP contribution in [0.4, 0.5) is 10.5 Å². The predicted molar refractivity (Wildman–Crippen MR) is 109 cm³/mol. The molecule has 0 fully saturated rings. The van der Waals surface area contributed by atoms with Gasteiger partial charge in [0.25, 0.3) is 5.91 Å². The van der Waals surface area contributed by atoms with Crippen LogP contribution in [-0.4, -0.2) is 31.7 Å². The van der Waals surface area contributed by atoms with Gasteiger partial charge in [0.05, 0.1) is 13.2 Å². The van der Waals surface area contributed by atoms with Gasteiger partial charge in [0.15, 0.2) is 11.5 Å². The SMILES string of the molecule is CCNC(=O)NC(=O)[C@H](Nc1ccc(OCC)c(OCC)c1)c1ccccc1. The van der Waals surface area contributed by atoms with Crippen molar-refractivity contribution < 1.29 is 19.1 Å². The van der Waals surface area contributed by atoms with Gasteiger partial charge in [-0.05, 0) is 38.5 Å². The van der Waals surface area contributed by atoms with Crippen LogP contribution >= 0.6 is 0 Å². The van der Waals surface area contributed by atoms with Crippen molar-refractivity contribution in [3.8, 4) is 11.5 Å². The summed E-state index contributed by atoms with van der Waals surface area (Å²) in [7, 11) is 0. The second kappa shape index (κ2) is 10.8. The number of hydrogen-bond donors (Lipinski definition) is 3. The molecule has 2 rings (SSSR count). The zero-order valence-electron chi connectivity index (χ0n) is 16.5. The molecule has 0 unspecified atom stereocenters. The average molecular weight is 385 g/mol. The molecule has 0 saturated carbocycles. The Kier molecular flexibility index (Phi) is 8.14. The van der Waals surface area contributed by atoms with E-state index in [0.717, 1.165) is 5.56 Å². The van der Waals surface area contributed by atoms with Gasteiger partial charge in [-0.15, -0.1) is 0 Å². The van der Waals surface area contributed by atoms with E-state index in [2.05, 4.69) is 16.0 Å². The van der Waals surface area contributed by atoms with E-state index in [1.165, 1.54) is 0 Å². The predicted octanol–water partition coefficient (Wildman–Crippen LogP) is 3.48. The van der Waals surface area contributed by atoms with Gasteiger partial charge in [-0.1, -0.05) is 30.3 Å². The normalized spacial score (nSPS) is 11.2. The van der Waals surface area contributed by atoms with E-state index in [1.807, 2.05) is 50.2 Å². The summed E-state index contributed by atoms with van der Waals surface area (Å²) in [5.41, 5.74) is 1.41. The zero-order chi connectivity index (χ0) is 20.4. The highest BCUT2D eigenvalue weighted by atomic mass is 16.5. The van der Waals surface area contributed by atoms with Gasteiger partial charge in [0.2, 0.25) is 0 Å². The summed E-state index contributed by atoms with van der Waals surface area (Å²) in [6, 6.07) is 13.3. The lowest BCUT2D eigenvalue weighted by molar-refractivity contribution is -0.120. The standard InChI is InChI=1S/C21H27N3O4/c1-4-22-21(26)24-20(25)19(15-10-8-7-9-11-15)23-16-12-13-17(27-5-2)18(14-16)28-6-3/h7-14,19,23H,4-6H2,1-3H3,(H2,22,24,25,26)/t19-/m1/s1. The van der Waals surface area contributed by atoms with Crippen LogP contribution in [0.5, 0.6) is 11.5 Å². The maximum absolute atomic E-state index is 12.7. The van der Waals surface area contributed by atoms with Gasteiger partial charge < -0.3 is 20.1 Å². The Hall–Kier alpha value is -3.22. The number of imide groups is 1. The quantitative estimate of drug-likeness (QED) is 0.615. The van der Waals surface area contributed by atoms with Crippen LogP contribution in [0.25, 0.3) is 0 Å². The number of carbonyl (C=O) groups is 2. The fourth-order valence-electron chi connectivity index (χ4n) is 2.64. The Bertz CT molecular complexity index is 780. The number of hydrogen-bond acceptors (Lipinski definition) is 5. The highest BCUT2D eigenvalue weighted by Crippen LogP contribution is 2.32. The molecule has 0 bridgehead atoms. The maximum Gasteiger partial charge on any atom is 0.321 e. The number of nitrogens with one attached hydrogen (secondary N) is 3. The molecule has 0 aliphatic heterocycles. The summed E-state index contributed by atoms with van der Waals surface area (Å²) in [6.45, 7) is 7.02. The highest BCUT2D eigenvalue weighted by molar-refractivity contribution is 5.98. The zero-order valence-corrected chi connectivity index (χ0v) is 16.5. The molecule has 1 atom stereocenters. The molecule has 0 heterocycles. The van der Waals surface area contributed by atoms with E-state index in [0.29, 0.717) is 36.9 Å². The minimum Gasteiger partial charge on any atom is -0.490 e. The fourth-order valence-corrected chi connectivity index (χ4v) is 2.64. The second-order valence-electron chi connectivity index (χ2n) is 5.86. The van der Waals surface area contributed by atoms with Gasteiger partial charge in [0.1, 0.15) is 6.04 Å². The van der Waals surface area contributed by atoms with E-state index in [-0.39, 0.29) is 0 Å². The van der Waals surface area contributed by atoms with Crippen LogP contribution in [-0.2, 0) is 4.79 Å². The minimum absolute atomic E-state index is 0.430. The van der Waals surface area contributed by atoms with Gasteiger partial charge in [-0.3, -0.25) is 10.1 Å². The van der Waals surface area contributed by atoms with Crippen molar-refractivity contribution in [3.05, 3.63) is 54.1 Å². The molecule has 2 aromatic rings. The molecule has 150 valence electrons. The number of anilines is 1. The van der Waals surface area contributed by atoms with Crippen molar-refractivity contribution in [1.82, 2.24) is 10.6 Å². The molecule has 0 aromatic heterocycles. The third-order valence-corrected chi connectivity index (χ3v) is 3.82. The van der Waals surface area contributed by atoms with Crippen molar-refractivity contribution in [2.24, 2.45) is 0 Å². The van der Waals surface area contributed by atoms with Gasteiger partial charge >= 0.3 is 6.03 Å². The van der Waals surface area contributed by atoms with Crippen molar-refractivity contribution in [2.75, 3.05) is 25.1 Å². The number of rotatable bonds is 9. The molecule has 0 spiro atoms. The van der Waals surface area contributed by atoms with Crippen molar-refractivity contribution in [3.63, 3.8) is 0 Å². The Morgan fingerprint density at radius 1 is 0.929 bits per heavy atom. The summed E-state index contributed by atoms with van der Waals surface area (Å²) in [5.74, 6) is 0.771. The molecule has 0 radical (unpaired) electrons. The Morgan fingerprint density at radius 2 is 1.61 bits per heavy atom. The molecular weight excluding hydrogens is 358 g/mol. The van der Waals surface area contributed by atoms with Crippen LogP contribution in [0.3, 0.4) is 0 Å². The van der Waals surface area contributed by atoms with Crippen molar-refractivity contribution in [2.45, 2.75) is 26.8 Å². The van der Waals surface area contributed by atoms with Gasteiger partial charge in [-0.2, -0.15) is 0 Å². The van der Waals surface area contributed by atoms with Crippen LogP contribution in [0.2, 0.25) is 0 Å². The summed E-state index contributed by atoms with van der Waals surface area (Å²) < 4.78 is 11.2. The largest absolute Gasteiger partial charge is 0.490 e. The maximum atomic E-state index is 12.7. The molecule has 0 aliphatic rings. The first-order valence-electron chi connectivity index (χ1n) is 9.38. The highest BCUT2D eigenvalue weighted by Gasteiger charge is 2.22. The summed E-state index contributed by atoms with van der Waals surface area (Å²) in [4.78, 5) is 24.5. The van der Waals surface area contributed by atoms with E-state index in [9.17, 15) is 9.59 Å². The molecule has 7 nitrogen and oxygen atoms in total. The number of amides is 3. The van der Waals surface area contributed by atoms with E-state index >= 15 is 0 Å². The molecule has 0 saturated heterocycles. The Labute approximate surface area is 165 Å². The monoisotopic (exact) mass is 385 g/mol. The number of urea groups is 1. The lowest BCUT2D eigenvalue weighted by Crippen LogP contribution is -2.43. The molecule has 2 aromatic carbocycles. The first-order valence-corrected chi connectivity index (χ1v) is 9.38. The Balaban J connectivity index is 2.28. The summed E-state index contributed by atoms with van der Waals surface area (Å²) in [5, 5.41) is 8.11. The first-order chi connectivity index (χ1) is 13.6. The second-order valence-corrected chi connectivity index (χ2v) is 5.86. The molecule has 0 aliphatic carbocycles. The Morgan fingerprint density at radius 3 is 2.25 bits per heavy atom. The average Bonchev–Trinajstić information content (AvgIpc) is 2.69. The third-order valence-electron chi connectivity index (χ3n) is 3.82. The number of carbonyl (C=O) groups excluding carboxylic acids is 2. The van der Waals surface area contributed by atoms with Crippen LogP contribution < -0.4 is 25.4 Å². The fraction of sp³-hybridized carbons (Fsp3) is 0.333. The molecule has 28 heavy (non-hydrogen) atoms. The third kappa shape index (κ3) is 5.90. The number of benzene rings is 2. The minimum atomic E-state index is -0.753. The van der Waals surface area contributed by atoms with E-state index in [1.54, 1.807) is 19.1 Å². The van der Waals surface area contributed by atoms with E-state index in [4.69, 9.17) is 9.47 Å². The first kappa shape index (κ1) is 21.1. The lowest BCUT2D eigenvalue weighted by atomic mass is 10.1. The van der Waals surface area contributed by atoms with E-state index < -0.39 is 18.0 Å². The summed E-state index contributed by atoms with van der Waals surface area (Å²) >= 11 is 0. The van der Waals surface area contributed by atoms with Crippen LogP contribution in [0, 0.1) is 0 Å². The van der Waals surface area contributed by atoms with Crippen LogP contribution in [0.15, 0.2) is 48.5 Å². The molecule has 3 N–H and O–H groups in total. The lowest BCUT2D eigenvalue weighted by Gasteiger charge is -2.21. The number of ether oxygens (including phenoxy) is 2. The van der Waals surface area contributed by atoms with Crippen LogP contribution in [0.1, 0.15) is 32.4 Å². The smallest absolute Gasteiger partial charge is 0.321 e. The topological polar surface area (TPSA) is 88.7 Å². The summed E-state index contributed by atoms with van der Waals surface area (Å²) in [6.07, 6.45) is 0. The molecular formula is C21H27N3O4. The van der Waals surface area contributed by atoms with Crippen molar-refractivity contribution in [1.29, 1.82) is 0 Å². The van der Waals surface area contributed by atoms with Gasteiger partial charge in [-0.25, -0.2) is 4.79 Å². The van der Waals surface area contributed by atoms with Crippen molar-refractivity contribution >= 4 is 17.6 Å². The molecule has 3 amide bonds. The molecule has 7 heteroatoms. The van der Waals surface area contributed by atoms with Gasteiger partial charge in [0, 0.05) is 18.3 Å².